The first-order chi connectivity index (χ1) is 10.4. The fourth-order valence-corrected chi connectivity index (χ4v) is 3.16. The molecule has 2 aromatic heterocycles. The van der Waals surface area contributed by atoms with Gasteiger partial charge in [-0.2, -0.15) is 0 Å². The van der Waals surface area contributed by atoms with Gasteiger partial charge in [-0.25, -0.2) is 4.98 Å². The van der Waals surface area contributed by atoms with E-state index in [1.54, 1.807) is 6.07 Å². The first kappa shape index (κ1) is 14.8. The van der Waals surface area contributed by atoms with E-state index in [9.17, 15) is 14.4 Å². The quantitative estimate of drug-likeness (QED) is 0.501. The van der Waals surface area contributed by atoms with Gasteiger partial charge in [-0.15, -0.1) is 0 Å². The number of anilines is 1. The van der Waals surface area contributed by atoms with Crippen LogP contribution in [0.5, 0.6) is 0 Å². The number of aromatic nitrogens is 2. The molecule has 0 bridgehead atoms. The number of imidazole rings is 1. The van der Waals surface area contributed by atoms with Crippen LogP contribution in [0, 0.1) is 0 Å². The lowest BCUT2D eigenvalue weighted by atomic mass is 10.2. The Morgan fingerprint density at radius 3 is 2.82 bits per heavy atom. The first-order valence-electron chi connectivity index (χ1n) is 6.82. The lowest BCUT2D eigenvalue weighted by Gasteiger charge is -2.08. The smallest absolute Gasteiger partial charge is 0.360 e. The highest BCUT2D eigenvalue weighted by Crippen LogP contribution is 2.39. The lowest BCUT2D eigenvalue weighted by molar-refractivity contribution is 0.387. The molecule has 7 nitrogen and oxygen atoms in total. The minimum atomic E-state index is -4.45. The number of benzene rings is 1. The summed E-state index contributed by atoms with van der Waals surface area (Å²) >= 11 is 0. The van der Waals surface area contributed by atoms with Crippen molar-refractivity contribution in [2.24, 2.45) is 0 Å². The van der Waals surface area contributed by atoms with E-state index in [2.05, 4.69) is 4.98 Å². The number of hydrogen-bond acceptors (Lipinski definition) is 4. The third kappa shape index (κ3) is 2.33. The van der Waals surface area contributed by atoms with Gasteiger partial charge in [-0.3, -0.25) is 4.57 Å². The van der Waals surface area contributed by atoms with Gasteiger partial charge < -0.3 is 24.5 Å². The van der Waals surface area contributed by atoms with E-state index >= 15 is 0 Å². The average Bonchev–Trinajstić information content (AvgIpc) is 3.04. The van der Waals surface area contributed by atoms with Crippen LogP contribution in [0.25, 0.3) is 22.6 Å². The lowest BCUT2D eigenvalue weighted by Crippen LogP contribution is -2.08. The number of fused-ring (bicyclic) bond motifs is 1. The van der Waals surface area contributed by atoms with Crippen LogP contribution in [0.1, 0.15) is 13.3 Å². The van der Waals surface area contributed by atoms with Crippen molar-refractivity contribution < 1.29 is 18.8 Å². The van der Waals surface area contributed by atoms with Crippen molar-refractivity contribution >= 4 is 29.6 Å². The summed E-state index contributed by atoms with van der Waals surface area (Å²) in [4.78, 5) is 23.4. The number of hydrogen-bond donors (Lipinski definition) is 3. The summed E-state index contributed by atoms with van der Waals surface area (Å²) in [5.74, 6) is 0.454. The minimum absolute atomic E-state index is 0.0809. The molecule has 0 unspecified atom stereocenters. The average molecular weight is 321 g/mol. The second kappa shape index (κ2) is 5.28. The molecule has 0 fully saturated rings. The number of furan rings is 1. The van der Waals surface area contributed by atoms with Gasteiger partial charge in [0.2, 0.25) is 0 Å². The van der Waals surface area contributed by atoms with E-state index in [0.717, 1.165) is 11.9 Å². The predicted octanol–water partition coefficient (Wildman–Crippen LogP) is 2.09. The van der Waals surface area contributed by atoms with E-state index in [1.165, 1.54) is 12.3 Å². The van der Waals surface area contributed by atoms with Crippen LogP contribution in [0.3, 0.4) is 0 Å². The third-order valence-corrected chi connectivity index (χ3v) is 4.40. The third-order valence-electron chi connectivity index (χ3n) is 3.42. The van der Waals surface area contributed by atoms with Crippen molar-refractivity contribution in [3.63, 3.8) is 0 Å². The molecule has 0 amide bonds. The Labute approximate surface area is 126 Å². The molecule has 8 heteroatoms. The number of nitrogens with zero attached hydrogens (tertiary/aromatic N) is 2. The van der Waals surface area contributed by atoms with Gasteiger partial charge in [-0.05, 0) is 24.6 Å². The highest BCUT2D eigenvalue weighted by molar-refractivity contribution is 7.60. The summed E-state index contributed by atoms with van der Waals surface area (Å²) in [5.41, 5.74) is 7.87. The zero-order chi connectivity index (χ0) is 15.9. The molecule has 4 N–H and O–H groups in total. The summed E-state index contributed by atoms with van der Waals surface area (Å²) < 4.78 is 18.8. The number of nitrogens with two attached hydrogens (primary N) is 1. The van der Waals surface area contributed by atoms with Gasteiger partial charge in [-0.1, -0.05) is 13.0 Å². The van der Waals surface area contributed by atoms with Crippen LogP contribution in [0.4, 0.5) is 5.69 Å². The molecule has 2 heterocycles. The normalized spacial score (nSPS) is 12.1. The highest BCUT2D eigenvalue weighted by Gasteiger charge is 2.28. The standard InChI is InChI=1S/C14H16N3O4P/c1-2-7-17-10-5-3-4-9(15)12(10)16-14(17)13-11(6-8-21-13)22(18,19)20/h3-6,8H,2,7,15H2,1H3,(H2,18,19,20). The summed E-state index contributed by atoms with van der Waals surface area (Å²) in [6.45, 7) is 2.64. The van der Waals surface area contributed by atoms with Crippen LogP contribution >= 0.6 is 7.60 Å². The zero-order valence-electron chi connectivity index (χ0n) is 11.9. The molecule has 3 aromatic rings. The predicted molar refractivity (Wildman–Crippen MR) is 83.8 cm³/mol. The number of rotatable bonds is 4. The van der Waals surface area contributed by atoms with Crippen LogP contribution in [-0.4, -0.2) is 19.3 Å². The van der Waals surface area contributed by atoms with Gasteiger partial charge >= 0.3 is 7.60 Å². The molecular formula is C14H16N3O4P. The van der Waals surface area contributed by atoms with E-state index < -0.39 is 7.60 Å². The van der Waals surface area contributed by atoms with Crippen molar-refractivity contribution in [2.45, 2.75) is 19.9 Å². The van der Waals surface area contributed by atoms with Crippen LogP contribution in [0.2, 0.25) is 0 Å². The van der Waals surface area contributed by atoms with Crippen molar-refractivity contribution in [3.05, 3.63) is 30.5 Å². The number of aryl methyl sites for hydroxylation is 1. The second-order valence-corrected chi connectivity index (χ2v) is 6.55. The van der Waals surface area contributed by atoms with E-state index in [0.29, 0.717) is 23.6 Å². The monoisotopic (exact) mass is 321 g/mol. The van der Waals surface area contributed by atoms with Crippen LogP contribution < -0.4 is 11.0 Å². The van der Waals surface area contributed by atoms with E-state index in [4.69, 9.17) is 10.2 Å². The maximum absolute atomic E-state index is 11.6. The molecule has 0 spiro atoms. The Morgan fingerprint density at radius 2 is 2.14 bits per heavy atom. The zero-order valence-corrected chi connectivity index (χ0v) is 12.8. The van der Waals surface area contributed by atoms with Gasteiger partial charge in [0.15, 0.2) is 11.6 Å². The van der Waals surface area contributed by atoms with Crippen molar-refractivity contribution in [2.75, 3.05) is 5.73 Å². The fourth-order valence-electron chi connectivity index (χ4n) is 2.49. The molecule has 1 aromatic carbocycles. The molecular weight excluding hydrogens is 305 g/mol. The highest BCUT2D eigenvalue weighted by atomic mass is 31.2. The Kier molecular flexibility index (Phi) is 3.56. The van der Waals surface area contributed by atoms with Gasteiger partial charge in [0.05, 0.1) is 17.5 Å². The van der Waals surface area contributed by atoms with E-state index in [-0.39, 0.29) is 11.1 Å². The molecule has 0 aliphatic heterocycles. The Morgan fingerprint density at radius 1 is 1.36 bits per heavy atom. The maximum Gasteiger partial charge on any atom is 0.360 e. The largest absolute Gasteiger partial charge is 0.460 e. The van der Waals surface area contributed by atoms with Crippen molar-refractivity contribution in [1.82, 2.24) is 9.55 Å². The molecule has 0 aliphatic rings. The Balaban J connectivity index is 2.32. The Bertz CT molecular complexity index is 877. The molecule has 0 aliphatic carbocycles. The SMILES string of the molecule is CCCn1c(-c2occc2P(=O)(O)O)nc2c(N)cccc21. The van der Waals surface area contributed by atoms with E-state index in [1.807, 2.05) is 23.6 Å². The fraction of sp³-hybridized carbons (Fsp3) is 0.214. The molecule has 116 valence electrons. The van der Waals surface area contributed by atoms with Crippen LogP contribution in [0.15, 0.2) is 34.9 Å². The molecule has 0 atom stereocenters. The maximum atomic E-state index is 11.6. The van der Waals surface area contributed by atoms with Crippen molar-refractivity contribution in [3.8, 4) is 11.6 Å². The first-order valence-corrected chi connectivity index (χ1v) is 8.43. The number of nitrogen functional groups attached to an aromatic ring is 1. The molecule has 22 heavy (non-hydrogen) atoms. The topological polar surface area (TPSA) is 115 Å². The molecule has 0 radical (unpaired) electrons. The second-order valence-electron chi connectivity index (χ2n) is 4.98. The van der Waals surface area contributed by atoms with Crippen molar-refractivity contribution in [1.29, 1.82) is 0 Å². The van der Waals surface area contributed by atoms with Gasteiger partial charge in [0, 0.05) is 6.54 Å². The molecule has 3 rings (SSSR count). The molecule has 0 saturated carbocycles. The van der Waals surface area contributed by atoms with Gasteiger partial charge in [0.25, 0.3) is 0 Å². The summed E-state index contributed by atoms with van der Waals surface area (Å²) in [7, 11) is -4.45. The summed E-state index contributed by atoms with van der Waals surface area (Å²) in [6, 6.07) is 6.70. The minimum Gasteiger partial charge on any atom is -0.460 e. The number of para-hydroxylation sites is 1. The summed E-state index contributed by atoms with van der Waals surface area (Å²) in [6.07, 6.45) is 2.09. The summed E-state index contributed by atoms with van der Waals surface area (Å²) in [5, 5.41) is -0.168. The van der Waals surface area contributed by atoms with Crippen LogP contribution in [-0.2, 0) is 11.1 Å². The Hall–Kier alpha value is -2.08. The van der Waals surface area contributed by atoms with Gasteiger partial charge in [0.1, 0.15) is 10.8 Å². The molecule has 0 saturated heterocycles.